The van der Waals surface area contributed by atoms with Gasteiger partial charge in [0.05, 0.1) is 11.6 Å². The Morgan fingerprint density at radius 2 is 1.83 bits per heavy atom. The third-order valence-electron chi connectivity index (χ3n) is 3.13. The molecule has 120 valence electrons. The number of alkyl carbamates (subject to hydrolysis) is 1. The average molecular weight is 319 g/mol. The Morgan fingerprint density at radius 1 is 1.13 bits per heavy atom. The van der Waals surface area contributed by atoms with Gasteiger partial charge in [0.25, 0.3) is 0 Å². The Kier molecular flexibility index (Phi) is 5.41. The van der Waals surface area contributed by atoms with Crippen molar-refractivity contribution < 1.29 is 23.1 Å². The van der Waals surface area contributed by atoms with Gasteiger partial charge in [0.2, 0.25) is 0 Å². The smallest absolute Gasteiger partial charge is 0.408 e. The van der Waals surface area contributed by atoms with Gasteiger partial charge in [-0.05, 0) is 30.7 Å². The van der Waals surface area contributed by atoms with E-state index in [0.717, 1.165) is 23.8 Å². The summed E-state index contributed by atoms with van der Waals surface area (Å²) < 4.78 is 31.6. The van der Waals surface area contributed by atoms with Gasteiger partial charge in [0.1, 0.15) is 18.2 Å². The van der Waals surface area contributed by atoms with Crippen LogP contribution in [0.5, 0.6) is 0 Å². The van der Waals surface area contributed by atoms with E-state index >= 15 is 0 Å². The number of benzene rings is 2. The first-order valence-corrected chi connectivity index (χ1v) is 6.94. The number of rotatable bonds is 5. The second kappa shape index (κ2) is 7.49. The Bertz CT molecular complexity index is 704. The number of halogens is 2. The molecular formula is C17H15F2NO3. The van der Waals surface area contributed by atoms with Crippen molar-refractivity contribution in [1.82, 2.24) is 5.32 Å². The molecule has 0 radical (unpaired) electrons. The van der Waals surface area contributed by atoms with Crippen molar-refractivity contribution in [3.63, 3.8) is 0 Å². The molecule has 6 heteroatoms. The summed E-state index contributed by atoms with van der Waals surface area (Å²) in [5, 5.41) is 2.30. The third-order valence-corrected chi connectivity index (χ3v) is 3.13. The van der Waals surface area contributed by atoms with Crippen LogP contribution >= 0.6 is 0 Å². The van der Waals surface area contributed by atoms with E-state index in [-0.39, 0.29) is 6.61 Å². The van der Waals surface area contributed by atoms with E-state index in [2.05, 4.69) is 5.32 Å². The second-order valence-corrected chi connectivity index (χ2v) is 4.92. The molecule has 1 unspecified atom stereocenters. The third kappa shape index (κ3) is 4.60. The molecule has 1 atom stereocenters. The Hall–Kier alpha value is -2.76. The van der Waals surface area contributed by atoms with E-state index in [1.54, 1.807) is 24.3 Å². The lowest BCUT2D eigenvalue weighted by Gasteiger charge is -2.13. The van der Waals surface area contributed by atoms with E-state index in [1.165, 1.54) is 6.92 Å². The number of nitrogens with one attached hydrogen (secondary N) is 1. The van der Waals surface area contributed by atoms with Gasteiger partial charge >= 0.3 is 6.09 Å². The molecule has 0 bridgehead atoms. The number of carbonyl (C=O) groups excluding carboxylic acids is 2. The first-order valence-electron chi connectivity index (χ1n) is 6.94. The summed E-state index contributed by atoms with van der Waals surface area (Å²) in [7, 11) is 0. The molecule has 0 saturated carbocycles. The molecule has 2 rings (SSSR count). The number of carbonyl (C=O) groups is 2. The zero-order valence-electron chi connectivity index (χ0n) is 12.4. The molecule has 1 amide bonds. The highest BCUT2D eigenvalue weighted by Crippen LogP contribution is 2.12. The second-order valence-electron chi connectivity index (χ2n) is 4.92. The van der Waals surface area contributed by atoms with Crippen LogP contribution in [-0.2, 0) is 11.3 Å². The molecule has 0 fully saturated rings. The van der Waals surface area contributed by atoms with Crippen LogP contribution in [0, 0.1) is 11.6 Å². The fourth-order valence-electron chi connectivity index (χ4n) is 1.93. The SMILES string of the molecule is CC(NC(=O)OCc1ccccc1)C(=O)c1cc(F)ccc1F. The van der Waals surface area contributed by atoms with Gasteiger partial charge in [-0.2, -0.15) is 0 Å². The van der Waals surface area contributed by atoms with Crippen molar-refractivity contribution in [3.05, 3.63) is 71.3 Å². The number of hydrogen-bond donors (Lipinski definition) is 1. The lowest BCUT2D eigenvalue weighted by atomic mass is 10.0. The van der Waals surface area contributed by atoms with Crippen LogP contribution in [0.1, 0.15) is 22.8 Å². The summed E-state index contributed by atoms with van der Waals surface area (Å²) in [4.78, 5) is 23.7. The summed E-state index contributed by atoms with van der Waals surface area (Å²) >= 11 is 0. The Morgan fingerprint density at radius 3 is 2.52 bits per heavy atom. The standard InChI is InChI=1S/C17H15F2NO3/c1-11(16(21)14-9-13(18)7-8-15(14)19)20-17(22)23-10-12-5-3-2-4-6-12/h2-9,11H,10H2,1H3,(H,20,22). The monoisotopic (exact) mass is 319 g/mol. The van der Waals surface area contributed by atoms with Crippen LogP contribution < -0.4 is 5.32 Å². The molecule has 0 aliphatic carbocycles. The lowest BCUT2D eigenvalue weighted by Crippen LogP contribution is -2.39. The zero-order valence-corrected chi connectivity index (χ0v) is 12.4. The van der Waals surface area contributed by atoms with Crippen molar-refractivity contribution in [2.24, 2.45) is 0 Å². The zero-order chi connectivity index (χ0) is 16.8. The molecule has 23 heavy (non-hydrogen) atoms. The number of amides is 1. The van der Waals surface area contributed by atoms with Crippen LogP contribution in [0.25, 0.3) is 0 Å². The number of hydrogen-bond acceptors (Lipinski definition) is 3. The van der Waals surface area contributed by atoms with Crippen LogP contribution in [-0.4, -0.2) is 17.9 Å². The van der Waals surface area contributed by atoms with E-state index in [1.807, 2.05) is 6.07 Å². The van der Waals surface area contributed by atoms with Gasteiger partial charge in [-0.15, -0.1) is 0 Å². The minimum Gasteiger partial charge on any atom is -0.445 e. The molecule has 2 aromatic rings. The van der Waals surface area contributed by atoms with E-state index in [9.17, 15) is 18.4 Å². The van der Waals surface area contributed by atoms with Crippen LogP contribution in [0.3, 0.4) is 0 Å². The Labute approximate surface area is 132 Å². The number of Topliss-reactive ketones (excluding diaryl/α,β-unsaturated/α-hetero) is 1. The maximum atomic E-state index is 13.6. The highest BCUT2D eigenvalue weighted by Gasteiger charge is 2.21. The molecule has 0 heterocycles. The fraction of sp³-hybridized carbons (Fsp3) is 0.176. The average Bonchev–Trinajstić information content (AvgIpc) is 2.55. The molecule has 0 aromatic heterocycles. The highest BCUT2D eigenvalue weighted by molar-refractivity contribution is 6.01. The number of ketones is 1. The number of ether oxygens (including phenoxy) is 1. The first kappa shape index (κ1) is 16.6. The minimum atomic E-state index is -1.05. The van der Waals surface area contributed by atoms with Crippen LogP contribution in [0.2, 0.25) is 0 Å². The Balaban J connectivity index is 1.92. The van der Waals surface area contributed by atoms with Crippen molar-refractivity contribution in [2.45, 2.75) is 19.6 Å². The van der Waals surface area contributed by atoms with E-state index in [4.69, 9.17) is 4.74 Å². The fourth-order valence-corrected chi connectivity index (χ4v) is 1.93. The van der Waals surface area contributed by atoms with Crippen LogP contribution in [0.4, 0.5) is 13.6 Å². The molecular weight excluding hydrogens is 304 g/mol. The predicted octanol–water partition coefficient (Wildman–Crippen LogP) is 3.46. The minimum absolute atomic E-state index is 0.0436. The quantitative estimate of drug-likeness (QED) is 0.859. The summed E-state index contributed by atoms with van der Waals surface area (Å²) in [6, 6.07) is 10.5. The van der Waals surface area contributed by atoms with Gasteiger partial charge in [0.15, 0.2) is 5.78 Å². The first-order chi connectivity index (χ1) is 11.0. The molecule has 0 aliphatic rings. The van der Waals surface area contributed by atoms with E-state index in [0.29, 0.717) is 0 Å². The molecule has 4 nitrogen and oxygen atoms in total. The van der Waals surface area contributed by atoms with Gasteiger partial charge in [0, 0.05) is 0 Å². The summed E-state index contributed by atoms with van der Waals surface area (Å²) in [5.74, 6) is -2.31. The molecule has 0 spiro atoms. The lowest BCUT2D eigenvalue weighted by molar-refractivity contribution is 0.0922. The van der Waals surface area contributed by atoms with Gasteiger partial charge < -0.3 is 10.1 Å². The molecule has 2 aromatic carbocycles. The molecule has 0 saturated heterocycles. The maximum Gasteiger partial charge on any atom is 0.408 e. The van der Waals surface area contributed by atoms with Crippen molar-refractivity contribution in [3.8, 4) is 0 Å². The van der Waals surface area contributed by atoms with Gasteiger partial charge in [-0.1, -0.05) is 30.3 Å². The topological polar surface area (TPSA) is 55.4 Å². The summed E-state index contributed by atoms with van der Waals surface area (Å²) in [5.41, 5.74) is 0.374. The van der Waals surface area contributed by atoms with Gasteiger partial charge in [-0.3, -0.25) is 4.79 Å². The summed E-state index contributed by atoms with van der Waals surface area (Å²) in [6.45, 7) is 1.42. The van der Waals surface area contributed by atoms with Crippen molar-refractivity contribution in [1.29, 1.82) is 0 Å². The largest absolute Gasteiger partial charge is 0.445 e. The van der Waals surface area contributed by atoms with Crippen molar-refractivity contribution >= 4 is 11.9 Å². The molecule has 0 aliphatic heterocycles. The molecule has 1 N–H and O–H groups in total. The normalized spacial score (nSPS) is 11.6. The highest BCUT2D eigenvalue weighted by atomic mass is 19.1. The van der Waals surface area contributed by atoms with Gasteiger partial charge in [-0.25, -0.2) is 13.6 Å². The maximum absolute atomic E-state index is 13.6. The van der Waals surface area contributed by atoms with Crippen molar-refractivity contribution in [2.75, 3.05) is 0 Å². The summed E-state index contributed by atoms with van der Waals surface area (Å²) in [6.07, 6.45) is -0.813. The van der Waals surface area contributed by atoms with E-state index < -0.39 is 35.1 Å². The predicted molar refractivity (Wildman–Crippen MR) is 79.9 cm³/mol. The van der Waals surface area contributed by atoms with Crippen LogP contribution in [0.15, 0.2) is 48.5 Å².